The molecule has 0 N–H and O–H groups in total. The number of carbonyl (C=O) groups excluding carboxylic acids is 2. The van der Waals surface area contributed by atoms with Crippen LogP contribution in [-0.4, -0.2) is 58.1 Å². The topological polar surface area (TPSA) is 76.9 Å². The summed E-state index contributed by atoms with van der Waals surface area (Å²) in [5, 5.41) is 4.37. The summed E-state index contributed by atoms with van der Waals surface area (Å²) >= 11 is 0. The van der Waals surface area contributed by atoms with Crippen LogP contribution in [0.3, 0.4) is 0 Å². The lowest BCUT2D eigenvalue weighted by molar-refractivity contribution is -0.127. The summed E-state index contributed by atoms with van der Waals surface area (Å²) in [4.78, 5) is 28.0. The van der Waals surface area contributed by atoms with E-state index < -0.39 is 5.60 Å². The number of nitrogens with zero attached hydrogens (tertiary/aromatic N) is 4. The number of hydrogen-bond donors (Lipinski definition) is 0. The highest BCUT2D eigenvalue weighted by molar-refractivity contribution is 5.96. The minimum absolute atomic E-state index is 0.0583. The number of hydrogen-bond acceptors (Lipinski definition) is 5. The van der Waals surface area contributed by atoms with Gasteiger partial charge in [-0.15, -0.1) is 0 Å². The van der Waals surface area contributed by atoms with Crippen molar-refractivity contribution in [3.05, 3.63) is 11.9 Å². The van der Waals surface area contributed by atoms with Crippen molar-refractivity contribution in [1.29, 1.82) is 0 Å². The molecule has 1 aromatic rings. The van der Waals surface area contributed by atoms with Gasteiger partial charge < -0.3 is 19.3 Å². The van der Waals surface area contributed by atoms with E-state index in [0.29, 0.717) is 26.2 Å². The molecule has 2 aliphatic heterocycles. The summed E-state index contributed by atoms with van der Waals surface area (Å²) in [7, 11) is 0. The monoisotopic (exact) mass is 336 g/mol. The number of rotatable bonds is 1. The maximum atomic E-state index is 12.3. The lowest BCUT2D eigenvalue weighted by Crippen LogP contribution is -2.49. The summed E-state index contributed by atoms with van der Waals surface area (Å²) in [6, 6.07) is -0.0583. The molecule has 8 heteroatoms. The number of anilines is 1. The lowest BCUT2D eigenvalue weighted by Gasteiger charge is -2.35. The molecule has 0 saturated carbocycles. The van der Waals surface area contributed by atoms with Gasteiger partial charge in [-0.05, 0) is 27.7 Å². The molecule has 0 aliphatic carbocycles. The number of carbonyl (C=O) groups is 2. The largest absolute Gasteiger partial charge is 0.444 e. The van der Waals surface area contributed by atoms with Crippen LogP contribution < -0.4 is 4.90 Å². The second-order valence-corrected chi connectivity index (χ2v) is 7.23. The van der Waals surface area contributed by atoms with Gasteiger partial charge in [0.1, 0.15) is 12.2 Å². The Balaban J connectivity index is 1.82. The Bertz CT molecular complexity index is 649. The van der Waals surface area contributed by atoms with Crippen LogP contribution in [0.5, 0.6) is 0 Å². The third-order valence-corrected chi connectivity index (χ3v) is 4.05. The fourth-order valence-corrected chi connectivity index (χ4v) is 2.99. The van der Waals surface area contributed by atoms with Gasteiger partial charge in [0.15, 0.2) is 0 Å². The molecule has 132 valence electrons. The maximum absolute atomic E-state index is 12.3. The quantitative estimate of drug-likeness (QED) is 0.774. The Morgan fingerprint density at radius 3 is 2.79 bits per heavy atom. The smallest absolute Gasteiger partial charge is 0.410 e. The van der Waals surface area contributed by atoms with Gasteiger partial charge in [0.05, 0.1) is 43.3 Å². The maximum Gasteiger partial charge on any atom is 0.410 e. The van der Waals surface area contributed by atoms with Crippen LogP contribution in [0.4, 0.5) is 10.5 Å². The van der Waals surface area contributed by atoms with Crippen LogP contribution >= 0.6 is 0 Å². The molecule has 1 unspecified atom stereocenters. The molecule has 0 radical (unpaired) electrons. The molecular weight excluding hydrogens is 312 g/mol. The zero-order valence-electron chi connectivity index (χ0n) is 14.6. The van der Waals surface area contributed by atoms with E-state index in [1.54, 1.807) is 16.0 Å². The first kappa shape index (κ1) is 16.8. The number of ether oxygens (including phenoxy) is 2. The highest BCUT2D eigenvalue weighted by Crippen LogP contribution is 2.28. The van der Waals surface area contributed by atoms with Crippen molar-refractivity contribution >= 4 is 17.7 Å². The first-order valence-corrected chi connectivity index (χ1v) is 8.18. The standard InChI is InChI=1S/C16H24N4O4/c1-11-9-23-10-14(21)20(11)12-7-17-19-6-5-18(8-13(12)19)15(22)24-16(2,3)4/h7,11H,5-6,8-10H2,1-4H3. The van der Waals surface area contributed by atoms with E-state index in [1.807, 2.05) is 32.4 Å². The second-order valence-electron chi connectivity index (χ2n) is 7.23. The molecule has 3 heterocycles. The Morgan fingerprint density at radius 1 is 1.38 bits per heavy atom. The SMILES string of the molecule is CC1COCC(=O)N1c1cnn2c1CN(C(=O)OC(C)(C)C)CC2. The molecule has 24 heavy (non-hydrogen) atoms. The molecule has 2 amide bonds. The number of fused-ring (bicyclic) bond motifs is 1. The van der Waals surface area contributed by atoms with Gasteiger partial charge in [-0.2, -0.15) is 5.10 Å². The lowest BCUT2D eigenvalue weighted by atomic mass is 10.2. The predicted octanol–water partition coefficient (Wildman–Crippen LogP) is 1.39. The van der Waals surface area contributed by atoms with Gasteiger partial charge in [-0.25, -0.2) is 4.79 Å². The molecule has 1 saturated heterocycles. The van der Waals surface area contributed by atoms with E-state index in [-0.39, 0.29) is 24.6 Å². The normalized spacial score (nSPS) is 21.7. The van der Waals surface area contributed by atoms with Crippen LogP contribution in [0.2, 0.25) is 0 Å². The van der Waals surface area contributed by atoms with Crippen LogP contribution in [0.25, 0.3) is 0 Å². The summed E-state index contributed by atoms with van der Waals surface area (Å²) in [5.41, 5.74) is 1.07. The first-order valence-electron chi connectivity index (χ1n) is 8.18. The Labute approximate surface area is 141 Å². The van der Waals surface area contributed by atoms with Crippen LogP contribution in [0.15, 0.2) is 6.20 Å². The number of morpholine rings is 1. The van der Waals surface area contributed by atoms with Crippen molar-refractivity contribution in [2.45, 2.75) is 52.4 Å². The molecule has 3 rings (SSSR count). The molecule has 1 aromatic heterocycles. The van der Waals surface area contributed by atoms with Gasteiger partial charge in [-0.3, -0.25) is 9.48 Å². The minimum Gasteiger partial charge on any atom is -0.444 e. The predicted molar refractivity (Wildman–Crippen MR) is 86.6 cm³/mol. The molecular formula is C16H24N4O4. The fraction of sp³-hybridized carbons (Fsp3) is 0.688. The summed E-state index contributed by atoms with van der Waals surface area (Å²) in [5.74, 6) is -0.0843. The van der Waals surface area contributed by atoms with Crippen molar-refractivity contribution in [1.82, 2.24) is 14.7 Å². The van der Waals surface area contributed by atoms with Crippen LogP contribution in [-0.2, 0) is 27.4 Å². The highest BCUT2D eigenvalue weighted by atomic mass is 16.6. The summed E-state index contributed by atoms with van der Waals surface area (Å²) in [6.45, 7) is 9.54. The van der Waals surface area contributed by atoms with Crippen molar-refractivity contribution < 1.29 is 19.1 Å². The molecule has 1 atom stereocenters. The van der Waals surface area contributed by atoms with Crippen molar-refractivity contribution in [3.63, 3.8) is 0 Å². The molecule has 8 nitrogen and oxygen atoms in total. The van der Waals surface area contributed by atoms with Crippen molar-refractivity contribution in [3.8, 4) is 0 Å². The third kappa shape index (κ3) is 3.24. The van der Waals surface area contributed by atoms with E-state index in [1.165, 1.54) is 0 Å². The summed E-state index contributed by atoms with van der Waals surface area (Å²) in [6.07, 6.45) is 1.36. The molecule has 2 aliphatic rings. The Kier molecular flexibility index (Phi) is 4.25. The Morgan fingerprint density at radius 2 is 2.12 bits per heavy atom. The van der Waals surface area contributed by atoms with Crippen molar-refractivity contribution in [2.24, 2.45) is 0 Å². The molecule has 1 fully saturated rings. The van der Waals surface area contributed by atoms with E-state index >= 15 is 0 Å². The van der Waals surface area contributed by atoms with E-state index in [0.717, 1.165) is 11.4 Å². The number of aromatic nitrogens is 2. The number of amides is 2. The second kappa shape index (κ2) is 6.08. The van der Waals surface area contributed by atoms with Gasteiger partial charge in [0, 0.05) is 6.54 Å². The zero-order valence-corrected chi connectivity index (χ0v) is 14.6. The minimum atomic E-state index is -0.535. The zero-order chi connectivity index (χ0) is 17.5. The van der Waals surface area contributed by atoms with Gasteiger partial charge in [0.2, 0.25) is 0 Å². The third-order valence-electron chi connectivity index (χ3n) is 4.05. The average molecular weight is 336 g/mol. The van der Waals surface area contributed by atoms with E-state index in [9.17, 15) is 9.59 Å². The molecule has 0 bridgehead atoms. The van der Waals surface area contributed by atoms with Crippen molar-refractivity contribution in [2.75, 3.05) is 24.7 Å². The van der Waals surface area contributed by atoms with Gasteiger partial charge in [-0.1, -0.05) is 0 Å². The van der Waals surface area contributed by atoms with Crippen LogP contribution in [0.1, 0.15) is 33.4 Å². The molecule has 0 aromatic carbocycles. The highest BCUT2D eigenvalue weighted by Gasteiger charge is 2.34. The first-order chi connectivity index (χ1) is 11.3. The Hall–Kier alpha value is -2.09. The average Bonchev–Trinajstić information content (AvgIpc) is 2.88. The van der Waals surface area contributed by atoms with E-state index in [4.69, 9.17) is 9.47 Å². The molecule has 0 spiro atoms. The van der Waals surface area contributed by atoms with Gasteiger partial charge >= 0.3 is 6.09 Å². The fourth-order valence-electron chi connectivity index (χ4n) is 2.99. The van der Waals surface area contributed by atoms with Gasteiger partial charge in [0.25, 0.3) is 5.91 Å². The summed E-state index contributed by atoms with van der Waals surface area (Å²) < 4.78 is 12.6. The van der Waals surface area contributed by atoms with E-state index in [2.05, 4.69) is 5.10 Å². The van der Waals surface area contributed by atoms with Crippen LogP contribution in [0, 0.1) is 0 Å².